The largest absolute Gasteiger partial charge is 0.491 e. The molecule has 0 saturated carbocycles. The van der Waals surface area contributed by atoms with Gasteiger partial charge in [0.05, 0.1) is 0 Å². The minimum absolute atomic E-state index is 0.321. The number of likely N-dealkylation sites (tertiary alicyclic amines) is 1. The Hall–Kier alpha value is -0.770. The highest BCUT2D eigenvalue weighted by Crippen LogP contribution is 2.23. The molecule has 1 aromatic carbocycles. The predicted octanol–water partition coefficient (Wildman–Crippen LogP) is 3.37. The van der Waals surface area contributed by atoms with Gasteiger partial charge in [-0.1, -0.05) is 25.4 Å². The highest BCUT2D eigenvalue weighted by atomic mass is 35.5. The van der Waals surface area contributed by atoms with Crippen molar-refractivity contribution in [2.75, 3.05) is 26.2 Å². The molecule has 4 heteroatoms. The molecule has 0 spiro atoms. The number of aliphatic hydroxyl groups is 1. The highest BCUT2D eigenvalue weighted by molar-refractivity contribution is 6.30. The molecule has 3 atom stereocenters. The predicted molar refractivity (Wildman–Crippen MR) is 87.1 cm³/mol. The van der Waals surface area contributed by atoms with E-state index >= 15 is 0 Å². The van der Waals surface area contributed by atoms with Gasteiger partial charge in [-0.3, -0.25) is 0 Å². The van der Waals surface area contributed by atoms with Gasteiger partial charge in [0, 0.05) is 24.7 Å². The first kappa shape index (κ1) is 16.6. The maximum absolute atomic E-state index is 10.2. The van der Waals surface area contributed by atoms with Crippen LogP contribution in [0.5, 0.6) is 5.75 Å². The van der Waals surface area contributed by atoms with E-state index in [9.17, 15) is 5.11 Å². The van der Waals surface area contributed by atoms with Crippen molar-refractivity contribution >= 4 is 11.6 Å². The summed E-state index contributed by atoms with van der Waals surface area (Å²) < 4.78 is 5.71. The molecule has 0 radical (unpaired) electrons. The third-order valence-corrected chi connectivity index (χ3v) is 4.22. The van der Waals surface area contributed by atoms with E-state index in [2.05, 4.69) is 18.7 Å². The van der Waals surface area contributed by atoms with Gasteiger partial charge in [-0.25, -0.2) is 0 Å². The van der Waals surface area contributed by atoms with Crippen LogP contribution in [-0.4, -0.2) is 42.4 Å². The van der Waals surface area contributed by atoms with Crippen LogP contribution in [0.4, 0.5) is 0 Å². The van der Waals surface area contributed by atoms with Gasteiger partial charge in [-0.2, -0.15) is 0 Å². The van der Waals surface area contributed by atoms with Gasteiger partial charge >= 0.3 is 0 Å². The Bertz CT molecular complexity index is 456. The van der Waals surface area contributed by atoms with E-state index in [4.69, 9.17) is 16.3 Å². The molecule has 0 unspecified atom stereocenters. The van der Waals surface area contributed by atoms with Crippen LogP contribution in [0.2, 0.25) is 5.02 Å². The first-order valence-corrected chi connectivity index (χ1v) is 8.11. The number of hydrogen-bond acceptors (Lipinski definition) is 3. The summed E-state index contributed by atoms with van der Waals surface area (Å²) in [5, 5.41) is 10.9. The summed E-state index contributed by atoms with van der Waals surface area (Å²) in [7, 11) is 0. The molecule has 1 aliphatic heterocycles. The quantitative estimate of drug-likeness (QED) is 0.905. The zero-order valence-corrected chi connectivity index (χ0v) is 13.9. The fourth-order valence-corrected chi connectivity index (χ4v) is 3.48. The van der Waals surface area contributed by atoms with Crippen molar-refractivity contribution in [2.24, 2.45) is 11.8 Å². The second kappa shape index (κ2) is 7.48. The normalized spacial score (nSPS) is 24.8. The summed E-state index contributed by atoms with van der Waals surface area (Å²) >= 11 is 5.92. The number of aryl methyl sites for hydroxylation is 1. The molecule has 1 N–H and O–H groups in total. The fourth-order valence-electron chi connectivity index (χ4n) is 3.25. The van der Waals surface area contributed by atoms with E-state index in [1.54, 1.807) is 0 Å². The monoisotopic (exact) mass is 311 g/mol. The van der Waals surface area contributed by atoms with Crippen molar-refractivity contribution < 1.29 is 9.84 Å². The van der Waals surface area contributed by atoms with Gasteiger partial charge in [0.1, 0.15) is 18.5 Å². The molecule has 0 amide bonds. The Balaban J connectivity index is 1.80. The van der Waals surface area contributed by atoms with Crippen LogP contribution < -0.4 is 4.74 Å². The molecule has 0 aliphatic carbocycles. The average molecular weight is 312 g/mol. The summed E-state index contributed by atoms with van der Waals surface area (Å²) in [4.78, 5) is 2.35. The number of piperidine rings is 1. The smallest absolute Gasteiger partial charge is 0.122 e. The van der Waals surface area contributed by atoms with Crippen LogP contribution in [0.1, 0.15) is 25.8 Å². The molecular weight excluding hydrogens is 286 g/mol. The summed E-state index contributed by atoms with van der Waals surface area (Å²) in [5.74, 6) is 2.21. The fraction of sp³-hybridized carbons (Fsp3) is 0.647. The number of hydrogen-bond donors (Lipinski definition) is 1. The third kappa shape index (κ3) is 5.17. The van der Waals surface area contributed by atoms with Gasteiger partial charge in [0.15, 0.2) is 0 Å². The van der Waals surface area contributed by atoms with Gasteiger partial charge < -0.3 is 14.7 Å². The van der Waals surface area contributed by atoms with Crippen LogP contribution in [-0.2, 0) is 0 Å². The summed E-state index contributed by atoms with van der Waals surface area (Å²) in [6, 6.07) is 5.54. The number of benzene rings is 1. The second-order valence-corrected chi connectivity index (χ2v) is 6.98. The van der Waals surface area contributed by atoms with E-state index in [0.29, 0.717) is 30.0 Å². The van der Waals surface area contributed by atoms with Crippen LogP contribution in [0, 0.1) is 18.8 Å². The lowest BCUT2D eigenvalue weighted by Crippen LogP contribution is -2.44. The van der Waals surface area contributed by atoms with E-state index in [-0.39, 0.29) is 0 Å². The molecule has 1 aliphatic rings. The zero-order chi connectivity index (χ0) is 15.4. The maximum atomic E-state index is 10.2. The van der Waals surface area contributed by atoms with Gasteiger partial charge in [0.25, 0.3) is 0 Å². The Kier molecular flexibility index (Phi) is 5.91. The van der Waals surface area contributed by atoms with Crippen LogP contribution >= 0.6 is 11.6 Å². The lowest BCUT2D eigenvalue weighted by Gasteiger charge is -2.35. The van der Waals surface area contributed by atoms with E-state index in [1.807, 2.05) is 25.1 Å². The van der Waals surface area contributed by atoms with Crippen molar-refractivity contribution in [1.82, 2.24) is 4.90 Å². The standard InChI is InChI=1S/C17H26ClNO2/c1-12-6-13(2)9-19(8-12)10-16(20)11-21-17-5-4-15(18)7-14(17)3/h4-5,7,12-13,16,20H,6,8-11H2,1-3H3/t12-,13-,16+/m0/s1. The number of halogens is 1. The molecule has 21 heavy (non-hydrogen) atoms. The highest BCUT2D eigenvalue weighted by Gasteiger charge is 2.23. The SMILES string of the molecule is Cc1cc(Cl)ccc1OC[C@H](O)CN1C[C@@H](C)C[C@H](C)C1. The first-order chi connectivity index (χ1) is 9.94. The Morgan fingerprint density at radius 2 is 2.00 bits per heavy atom. The Morgan fingerprint density at radius 1 is 1.33 bits per heavy atom. The molecule has 1 saturated heterocycles. The van der Waals surface area contributed by atoms with Gasteiger partial charge in [-0.15, -0.1) is 0 Å². The van der Waals surface area contributed by atoms with Gasteiger partial charge in [-0.05, 0) is 48.9 Å². The number of aliphatic hydroxyl groups excluding tert-OH is 1. The molecule has 1 heterocycles. The topological polar surface area (TPSA) is 32.7 Å². The van der Waals surface area contributed by atoms with E-state index in [1.165, 1.54) is 6.42 Å². The Morgan fingerprint density at radius 3 is 2.62 bits per heavy atom. The van der Waals surface area contributed by atoms with Crippen molar-refractivity contribution in [3.63, 3.8) is 0 Å². The molecule has 0 bridgehead atoms. The molecule has 118 valence electrons. The minimum Gasteiger partial charge on any atom is -0.491 e. The summed E-state index contributed by atoms with van der Waals surface area (Å²) in [6.45, 7) is 9.67. The first-order valence-electron chi connectivity index (χ1n) is 7.73. The average Bonchev–Trinajstić information content (AvgIpc) is 2.36. The molecule has 2 rings (SSSR count). The molecular formula is C17H26ClNO2. The molecule has 0 aromatic heterocycles. The van der Waals surface area contributed by atoms with E-state index < -0.39 is 6.10 Å². The molecule has 1 fully saturated rings. The third-order valence-electron chi connectivity index (χ3n) is 3.98. The lowest BCUT2D eigenvalue weighted by atomic mass is 9.92. The number of β-amino-alcohol motifs (C(OH)–C–C–N with tert-alkyl or cyclic N) is 1. The molecule has 1 aromatic rings. The van der Waals surface area contributed by atoms with Crippen LogP contribution in [0.15, 0.2) is 18.2 Å². The Labute approximate surface area is 132 Å². The molecule has 3 nitrogen and oxygen atoms in total. The summed E-state index contributed by atoms with van der Waals surface area (Å²) in [6.07, 6.45) is 0.824. The van der Waals surface area contributed by atoms with Crippen LogP contribution in [0.25, 0.3) is 0 Å². The van der Waals surface area contributed by atoms with Crippen molar-refractivity contribution in [3.05, 3.63) is 28.8 Å². The second-order valence-electron chi connectivity index (χ2n) is 6.54. The summed E-state index contributed by atoms with van der Waals surface area (Å²) in [5.41, 5.74) is 0.995. The van der Waals surface area contributed by atoms with E-state index in [0.717, 1.165) is 24.4 Å². The number of rotatable bonds is 5. The van der Waals surface area contributed by atoms with Crippen molar-refractivity contribution in [3.8, 4) is 5.75 Å². The number of nitrogens with zero attached hydrogens (tertiary/aromatic N) is 1. The lowest BCUT2D eigenvalue weighted by molar-refractivity contribution is 0.0427. The maximum Gasteiger partial charge on any atom is 0.122 e. The zero-order valence-electron chi connectivity index (χ0n) is 13.2. The van der Waals surface area contributed by atoms with Gasteiger partial charge in [0.2, 0.25) is 0 Å². The van der Waals surface area contributed by atoms with Crippen LogP contribution in [0.3, 0.4) is 0 Å². The minimum atomic E-state index is -0.461. The van der Waals surface area contributed by atoms with Crippen molar-refractivity contribution in [2.45, 2.75) is 33.3 Å². The number of ether oxygens (including phenoxy) is 1. The van der Waals surface area contributed by atoms with Crippen molar-refractivity contribution in [1.29, 1.82) is 0 Å².